The minimum atomic E-state index is 0.707. The zero-order valence-electron chi connectivity index (χ0n) is 9.51. The van der Waals surface area contributed by atoms with Crippen molar-refractivity contribution in [3.63, 3.8) is 0 Å². The van der Waals surface area contributed by atoms with Crippen LogP contribution in [0.4, 0.5) is 0 Å². The summed E-state index contributed by atoms with van der Waals surface area (Å²) in [5.74, 6) is 0.736. The molecule has 0 spiro atoms. The topological polar surface area (TPSA) is 25.4 Å². The fourth-order valence-electron chi connectivity index (χ4n) is 2.67. The Hall–Kier alpha value is -0.930. The normalized spacial score (nSPS) is 24.2. The van der Waals surface area contributed by atoms with Gasteiger partial charge in [-0.15, -0.1) is 0 Å². The van der Waals surface area contributed by atoms with Crippen LogP contribution in [0.1, 0.15) is 24.3 Å². The van der Waals surface area contributed by atoms with Crippen LogP contribution in [0.3, 0.4) is 0 Å². The van der Waals surface area contributed by atoms with Crippen molar-refractivity contribution in [1.82, 2.24) is 9.88 Å². The zero-order chi connectivity index (χ0) is 10.8. The fourth-order valence-corrected chi connectivity index (χ4v) is 2.67. The highest BCUT2D eigenvalue weighted by molar-refractivity contribution is 5.16. The second-order valence-electron chi connectivity index (χ2n) is 4.78. The van der Waals surface area contributed by atoms with Crippen molar-refractivity contribution >= 4 is 0 Å². The standard InChI is InChI=1S/C13H18N2O/c1-5-14-6-2-11(1)12-3-7-15(8-4-12)13-9-16-10-13/h1-2,5-6,12-13H,3-4,7-10H2. The van der Waals surface area contributed by atoms with Gasteiger partial charge in [0, 0.05) is 12.4 Å². The Labute approximate surface area is 96.4 Å². The van der Waals surface area contributed by atoms with Gasteiger partial charge in [-0.3, -0.25) is 9.88 Å². The lowest BCUT2D eigenvalue weighted by Gasteiger charge is -2.41. The molecule has 0 aromatic carbocycles. The molecular formula is C13H18N2O. The number of hydrogen-bond acceptors (Lipinski definition) is 3. The summed E-state index contributed by atoms with van der Waals surface area (Å²) in [4.78, 5) is 6.66. The first kappa shape index (κ1) is 10.2. The molecule has 2 fully saturated rings. The molecule has 3 heteroatoms. The van der Waals surface area contributed by atoms with Gasteiger partial charge in [-0.1, -0.05) is 0 Å². The second-order valence-corrected chi connectivity index (χ2v) is 4.78. The van der Waals surface area contributed by atoms with E-state index in [0.29, 0.717) is 6.04 Å². The SMILES string of the molecule is c1cc(C2CCN(C3COC3)CC2)ccn1. The molecule has 0 bridgehead atoms. The second kappa shape index (κ2) is 4.52. The van der Waals surface area contributed by atoms with Gasteiger partial charge in [0.1, 0.15) is 0 Å². The molecule has 0 atom stereocenters. The van der Waals surface area contributed by atoms with E-state index in [4.69, 9.17) is 4.74 Å². The zero-order valence-corrected chi connectivity index (χ0v) is 9.51. The number of nitrogens with zero attached hydrogens (tertiary/aromatic N) is 2. The Bertz CT molecular complexity index is 329. The summed E-state index contributed by atoms with van der Waals surface area (Å²) in [7, 11) is 0. The lowest BCUT2D eigenvalue weighted by atomic mass is 9.89. The molecule has 2 saturated heterocycles. The number of rotatable bonds is 2. The van der Waals surface area contributed by atoms with Gasteiger partial charge in [0.15, 0.2) is 0 Å². The van der Waals surface area contributed by atoms with Gasteiger partial charge in [-0.25, -0.2) is 0 Å². The third-order valence-electron chi connectivity index (χ3n) is 3.84. The number of piperidine rings is 1. The molecule has 2 aliphatic heterocycles. The average molecular weight is 218 g/mol. The molecule has 3 nitrogen and oxygen atoms in total. The van der Waals surface area contributed by atoms with E-state index in [1.807, 2.05) is 12.4 Å². The number of aromatic nitrogens is 1. The van der Waals surface area contributed by atoms with E-state index in [-0.39, 0.29) is 0 Å². The molecule has 0 saturated carbocycles. The highest BCUT2D eigenvalue weighted by Crippen LogP contribution is 2.29. The number of likely N-dealkylation sites (tertiary alicyclic amines) is 1. The van der Waals surface area contributed by atoms with Crippen molar-refractivity contribution in [1.29, 1.82) is 0 Å². The third kappa shape index (κ3) is 1.97. The van der Waals surface area contributed by atoms with Crippen molar-refractivity contribution in [3.8, 4) is 0 Å². The summed E-state index contributed by atoms with van der Waals surface area (Å²) in [6.07, 6.45) is 6.37. The van der Waals surface area contributed by atoms with Crippen molar-refractivity contribution in [2.24, 2.45) is 0 Å². The molecule has 1 aromatic heterocycles. The third-order valence-corrected chi connectivity index (χ3v) is 3.84. The van der Waals surface area contributed by atoms with Crippen molar-refractivity contribution in [3.05, 3.63) is 30.1 Å². The lowest BCUT2D eigenvalue weighted by Crippen LogP contribution is -2.51. The molecule has 0 aliphatic carbocycles. The van der Waals surface area contributed by atoms with Crippen LogP contribution in [0.2, 0.25) is 0 Å². The Balaban J connectivity index is 1.58. The van der Waals surface area contributed by atoms with E-state index in [1.165, 1.54) is 31.5 Å². The predicted molar refractivity (Wildman–Crippen MR) is 62.4 cm³/mol. The van der Waals surface area contributed by atoms with Gasteiger partial charge in [0.05, 0.1) is 19.3 Å². The van der Waals surface area contributed by atoms with E-state index in [2.05, 4.69) is 22.0 Å². The summed E-state index contributed by atoms with van der Waals surface area (Å²) >= 11 is 0. The molecule has 0 unspecified atom stereocenters. The Morgan fingerprint density at radius 1 is 1.12 bits per heavy atom. The van der Waals surface area contributed by atoms with Crippen LogP contribution in [0.25, 0.3) is 0 Å². The first-order valence-corrected chi connectivity index (χ1v) is 6.15. The summed E-state index contributed by atoms with van der Waals surface area (Å²) < 4.78 is 5.25. The van der Waals surface area contributed by atoms with Gasteiger partial charge in [0.25, 0.3) is 0 Å². The van der Waals surface area contributed by atoms with Crippen molar-refractivity contribution < 1.29 is 4.74 Å². The Morgan fingerprint density at radius 3 is 2.38 bits per heavy atom. The minimum Gasteiger partial charge on any atom is -0.378 e. The van der Waals surface area contributed by atoms with Crippen LogP contribution in [-0.4, -0.2) is 42.2 Å². The van der Waals surface area contributed by atoms with E-state index in [9.17, 15) is 0 Å². The van der Waals surface area contributed by atoms with Gasteiger partial charge < -0.3 is 4.74 Å². The van der Waals surface area contributed by atoms with Gasteiger partial charge in [-0.2, -0.15) is 0 Å². The molecule has 2 aliphatic rings. The van der Waals surface area contributed by atoms with E-state index in [0.717, 1.165) is 19.1 Å². The molecule has 3 heterocycles. The van der Waals surface area contributed by atoms with Crippen LogP contribution in [0.15, 0.2) is 24.5 Å². The molecule has 0 amide bonds. The molecule has 3 rings (SSSR count). The maximum atomic E-state index is 5.25. The maximum absolute atomic E-state index is 5.25. The van der Waals surface area contributed by atoms with Crippen LogP contribution in [-0.2, 0) is 4.74 Å². The minimum absolute atomic E-state index is 0.707. The largest absolute Gasteiger partial charge is 0.378 e. The van der Waals surface area contributed by atoms with Gasteiger partial charge >= 0.3 is 0 Å². The van der Waals surface area contributed by atoms with E-state index >= 15 is 0 Å². The number of pyridine rings is 1. The molecule has 86 valence electrons. The number of ether oxygens (including phenoxy) is 1. The maximum Gasteiger partial charge on any atom is 0.0645 e. The highest BCUT2D eigenvalue weighted by atomic mass is 16.5. The first-order chi connectivity index (χ1) is 7.93. The lowest BCUT2D eigenvalue weighted by molar-refractivity contribution is -0.0712. The monoisotopic (exact) mass is 218 g/mol. The predicted octanol–water partition coefficient (Wildman–Crippen LogP) is 1.66. The Kier molecular flexibility index (Phi) is 2.89. The smallest absolute Gasteiger partial charge is 0.0645 e. The number of hydrogen-bond donors (Lipinski definition) is 0. The molecule has 0 radical (unpaired) electrons. The molecule has 0 N–H and O–H groups in total. The summed E-state index contributed by atoms with van der Waals surface area (Å²) in [5, 5.41) is 0. The summed E-state index contributed by atoms with van der Waals surface area (Å²) in [6.45, 7) is 4.34. The van der Waals surface area contributed by atoms with Crippen LogP contribution < -0.4 is 0 Å². The van der Waals surface area contributed by atoms with Crippen molar-refractivity contribution in [2.45, 2.75) is 24.8 Å². The summed E-state index contributed by atoms with van der Waals surface area (Å²) in [6, 6.07) is 5.03. The van der Waals surface area contributed by atoms with E-state index in [1.54, 1.807) is 0 Å². The van der Waals surface area contributed by atoms with Crippen LogP contribution in [0.5, 0.6) is 0 Å². The van der Waals surface area contributed by atoms with Gasteiger partial charge in [-0.05, 0) is 49.5 Å². The first-order valence-electron chi connectivity index (χ1n) is 6.15. The highest BCUT2D eigenvalue weighted by Gasteiger charge is 2.29. The van der Waals surface area contributed by atoms with Crippen LogP contribution >= 0.6 is 0 Å². The van der Waals surface area contributed by atoms with Crippen molar-refractivity contribution in [2.75, 3.05) is 26.3 Å². The summed E-state index contributed by atoms with van der Waals surface area (Å²) in [5.41, 5.74) is 1.46. The molecule has 1 aromatic rings. The quantitative estimate of drug-likeness (QED) is 0.755. The molecular weight excluding hydrogens is 200 g/mol. The molecule has 16 heavy (non-hydrogen) atoms. The van der Waals surface area contributed by atoms with E-state index < -0.39 is 0 Å². The Morgan fingerprint density at radius 2 is 1.81 bits per heavy atom. The fraction of sp³-hybridized carbons (Fsp3) is 0.615. The average Bonchev–Trinajstić information content (AvgIpc) is 2.29. The van der Waals surface area contributed by atoms with Gasteiger partial charge in [0.2, 0.25) is 0 Å². The van der Waals surface area contributed by atoms with Crippen LogP contribution in [0, 0.1) is 0 Å².